The molecule has 0 atom stereocenters. The van der Waals surface area contributed by atoms with E-state index in [2.05, 4.69) is 16.2 Å². The molecule has 0 amide bonds. The predicted molar refractivity (Wildman–Crippen MR) is 107 cm³/mol. The van der Waals surface area contributed by atoms with Crippen LogP contribution in [0.15, 0.2) is 65.6 Å². The lowest BCUT2D eigenvalue weighted by Crippen LogP contribution is -2.13. The maximum atomic E-state index is 13.2. The number of aromatic nitrogens is 1. The van der Waals surface area contributed by atoms with Gasteiger partial charge in [0.05, 0.1) is 5.02 Å². The van der Waals surface area contributed by atoms with Crippen LogP contribution in [0.3, 0.4) is 0 Å². The molecule has 0 saturated heterocycles. The summed E-state index contributed by atoms with van der Waals surface area (Å²) in [5.74, 6) is -0.590. The highest BCUT2D eigenvalue weighted by Crippen LogP contribution is 2.32. The maximum Gasteiger partial charge on any atom is 0.263 e. The first-order chi connectivity index (χ1) is 12.9. The number of hydrogen-bond acceptors (Lipinski definition) is 2. The number of rotatable bonds is 4. The Hall–Kier alpha value is -2.57. The molecule has 138 valence electrons. The van der Waals surface area contributed by atoms with Gasteiger partial charge in [0.25, 0.3) is 10.0 Å². The molecule has 0 radical (unpaired) electrons. The summed E-state index contributed by atoms with van der Waals surface area (Å²) < 4.78 is 43.3. The van der Waals surface area contributed by atoms with E-state index in [0.29, 0.717) is 5.69 Å². The van der Waals surface area contributed by atoms with Crippen LogP contribution in [0.1, 0.15) is 6.92 Å². The molecule has 0 unspecified atom stereocenters. The van der Waals surface area contributed by atoms with E-state index < -0.39 is 15.8 Å². The second-order valence-electron chi connectivity index (χ2n) is 6.17. The van der Waals surface area contributed by atoms with Crippen molar-refractivity contribution in [1.82, 2.24) is 4.57 Å². The Morgan fingerprint density at radius 3 is 2.48 bits per heavy atom. The van der Waals surface area contributed by atoms with Gasteiger partial charge in [-0.15, -0.1) is 0 Å². The van der Waals surface area contributed by atoms with Crippen molar-refractivity contribution in [2.24, 2.45) is 0 Å². The van der Waals surface area contributed by atoms with Crippen LogP contribution in [0, 0.1) is 5.82 Å². The van der Waals surface area contributed by atoms with Gasteiger partial charge in [-0.1, -0.05) is 29.8 Å². The second kappa shape index (κ2) is 6.55. The minimum Gasteiger partial charge on any atom is -0.341 e. The van der Waals surface area contributed by atoms with Crippen molar-refractivity contribution in [1.29, 1.82) is 0 Å². The molecule has 4 aromatic rings. The quantitative estimate of drug-likeness (QED) is 0.496. The van der Waals surface area contributed by atoms with Crippen LogP contribution in [0.25, 0.3) is 21.8 Å². The summed E-state index contributed by atoms with van der Waals surface area (Å²) in [4.78, 5) is -0.165. The van der Waals surface area contributed by atoms with E-state index in [0.717, 1.165) is 46.5 Å². The average molecular weight is 403 g/mol. The summed E-state index contributed by atoms with van der Waals surface area (Å²) in [6.45, 7) is 2.87. The van der Waals surface area contributed by atoms with E-state index in [4.69, 9.17) is 11.6 Å². The molecule has 4 rings (SSSR count). The van der Waals surface area contributed by atoms with E-state index in [-0.39, 0.29) is 9.92 Å². The Labute approximate surface area is 161 Å². The zero-order valence-electron chi connectivity index (χ0n) is 14.4. The maximum absolute atomic E-state index is 13.2. The van der Waals surface area contributed by atoms with Gasteiger partial charge < -0.3 is 4.57 Å². The van der Waals surface area contributed by atoms with Gasteiger partial charge in [-0.25, -0.2) is 12.8 Å². The fraction of sp³-hybridized carbons (Fsp3) is 0.100. The standard InChI is InChI=1S/C20H16ClFN2O2S/c1-2-24-18-6-4-3-5-15(18)16-12-14(8-9-19(16)24)23-27(25,26)20-10-7-13(22)11-17(20)21/h3-12,23H,2H2,1H3. The smallest absolute Gasteiger partial charge is 0.263 e. The largest absolute Gasteiger partial charge is 0.341 e. The number of benzene rings is 3. The van der Waals surface area contributed by atoms with Gasteiger partial charge in [0, 0.05) is 34.0 Å². The van der Waals surface area contributed by atoms with Crippen LogP contribution in [-0.4, -0.2) is 13.0 Å². The molecule has 27 heavy (non-hydrogen) atoms. The van der Waals surface area contributed by atoms with Crippen LogP contribution >= 0.6 is 11.6 Å². The van der Waals surface area contributed by atoms with E-state index in [1.165, 1.54) is 0 Å². The number of fused-ring (bicyclic) bond motifs is 3. The Bertz CT molecular complexity index is 1280. The van der Waals surface area contributed by atoms with E-state index in [1.807, 2.05) is 30.3 Å². The molecule has 1 N–H and O–H groups in total. The first kappa shape index (κ1) is 17.8. The highest BCUT2D eigenvalue weighted by atomic mass is 35.5. The molecule has 0 spiro atoms. The lowest BCUT2D eigenvalue weighted by Gasteiger charge is -2.10. The van der Waals surface area contributed by atoms with Gasteiger partial charge in [0.2, 0.25) is 0 Å². The molecule has 7 heteroatoms. The Morgan fingerprint density at radius 1 is 1.00 bits per heavy atom. The van der Waals surface area contributed by atoms with Gasteiger partial charge in [0.1, 0.15) is 10.7 Å². The third-order valence-electron chi connectivity index (χ3n) is 4.52. The molecule has 1 aromatic heterocycles. The molecule has 0 bridgehead atoms. The van der Waals surface area contributed by atoms with Crippen LogP contribution in [-0.2, 0) is 16.6 Å². The Morgan fingerprint density at radius 2 is 1.74 bits per heavy atom. The number of nitrogens with zero attached hydrogens (tertiary/aromatic N) is 1. The van der Waals surface area contributed by atoms with Gasteiger partial charge >= 0.3 is 0 Å². The highest BCUT2D eigenvalue weighted by molar-refractivity contribution is 7.92. The fourth-order valence-electron chi connectivity index (χ4n) is 3.36. The number of aryl methyl sites for hydroxylation is 1. The van der Waals surface area contributed by atoms with Crippen molar-refractivity contribution in [2.75, 3.05) is 4.72 Å². The van der Waals surface area contributed by atoms with E-state index in [1.54, 1.807) is 12.1 Å². The number of sulfonamides is 1. The lowest BCUT2D eigenvalue weighted by atomic mass is 10.1. The summed E-state index contributed by atoms with van der Waals surface area (Å²) in [6, 6.07) is 16.6. The number of halogens is 2. The zero-order valence-corrected chi connectivity index (χ0v) is 16.0. The highest BCUT2D eigenvalue weighted by Gasteiger charge is 2.19. The summed E-state index contributed by atoms with van der Waals surface area (Å²) in [7, 11) is -3.94. The number of anilines is 1. The van der Waals surface area contributed by atoms with Crippen molar-refractivity contribution in [3.63, 3.8) is 0 Å². The topological polar surface area (TPSA) is 51.1 Å². The third kappa shape index (κ3) is 3.05. The van der Waals surface area contributed by atoms with Crippen molar-refractivity contribution in [3.05, 3.63) is 71.5 Å². The first-order valence-electron chi connectivity index (χ1n) is 8.39. The van der Waals surface area contributed by atoms with E-state index >= 15 is 0 Å². The molecule has 0 saturated carbocycles. The summed E-state index contributed by atoms with van der Waals surface area (Å²) in [5, 5.41) is 1.85. The van der Waals surface area contributed by atoms with Gasteiger partial charge in [0.15, 0.2) is 0 Å². The second-order valence-corrected chi connectivity index (χ2v) is 8.23. The van der Waals surface area contributed by atoms with Gasteiger partial charge in [-0.2, -0.15) is 0 Å². The van der Waals surface area contributed by atoms with Crippen molar-refractivity contribution in [2.45, 2.75) is 18.4 Å². The van der Waals surface area contributed by atoms with Crippen molar-refractivity contribution < 1.29 is 12.8 Å². The SMILES string of the molecule is CCn1c2ccccc2c2cc(NS(=O)(=O)c3ccc(F)cc3Cl)ccc21. The minimum atomic E-state index is -3.94. The van der Waals surface area contributed by atoms with E-state index in [9.17, 15) is 12.8 Å². The van der Waals surface area contributed by atoms with Gasteiger partial charge in [-0.3, -0.25) is 4.72 Å². The van der Waals surface area contributed by atoms with Crippen LogP contribution in [0.2, 0.25) is 5.02 Å². The average Bonchev–Trinajstić information content (AvgIpc) is 2.94. The van der Waals surface area contributed by atoms with Crippen LogP contribution < -0.4 is 4.72 Å². The lowest BCUT2D eigenvalue weighted by molar-refractivity contribution is 0.600. The number of hydrogen-bond donors (Lipinski definition) is 1. The van der Waals surface area contributed by atoms with Crippen LogP contribution in [0.4, 0.5) is 10.1 Å². The molecule has 0 aliphatic rings. The Balaban J connectivity index is 1.82. The van der Waals surface area contributed by atoms with Crippen LogP contribution in [0.5, 0.6) is 0 Å². The zero-order chi connectivity index (χ0) is 19.2. The fourth-order valence-corrected chi connectivity index (χ4v) is 4.94. The van der Waals surface area contributed by atoms with Gasteiger partial charge in [-0.05, 0) is 49.4 Å². The summed E-state index contributed by atoms with van der Waals surface area (Å²) in [6.07, 6.45) is 0. The normalized spacial score (nSPS) is 12.0. The molecular weight excluding hydrogens is 387 g/mol. The first-order valence-corrected chi connectivity index (χ1v) is 10.3. The number of nitrogens with one attached hydrogen (secondary N) is 1. The number of para-hydroxylation sites is 1. The molecule has 4 nitrogen and oxygen atoms in total. The van der Waals surface area contributed by atoms with Crippen molar-refractivity contribution in [3.8, 4) is 0 Å². The molecular formula is C20H16ClFN2O2S. The summed E-state index contributed by atoms with van der Waals surface area (Å²) >= 11 is 5.91. The molecule has 0 fully saturated rings. The minimum absolute atomic E-state index is 0.161. The monoisotopic (exact) mass is 402 g/mol. The predicted octanol–water partition coefficient (Wildman–Crippen LogP) is 5.41. The molecule has 0 aliphatic heterocycles. The molecule has 3 aromatic carbocycles. The summed E-state index contributed by atoms with van der Waals surface area (Å²) in [5.41, 5.74) is 2.54. The molecule has 0 aliphatic carbocycles. The van der Waals surface area contributed by atoms with Crippen molar-refractivity contribution >= 4 is 49.1 Å². The Kier molecular flexibility index (Phi) is 4.32. The third-order valence-corrected chi connectivity index (χ3v) is 6.39. The molecule has 1 heterocycles.